The predicted octanol–water partition coefficient (Wildman–Crippen LogP) is 2.35. The minimum Gasteiger partial charge on any atom is -0.496 e. The number of para-hydroxylation sites is 1. The molecule has 0 bridgehead atoms. The molecule has 0 saturated heterocycles. The van der Waals surface area contributed by atoms with E-state index in [0.29, 0.717) is 16.6 Å². The number of benzene rings is 3. The first kappa shape index (κ1) is 17.8. The van der Waals surface area contributed by atoms with Gasteiger partial charge in [0.15, 0.2) is 11.3 Å². The van der Waals surface area contributed by atoms with Crippen LogP contribution in [0.3, 0.4) is 0 Å². The number of hydrogen-bond donors (Lipinski definition) is 1. The molecule has 1 amide bonds. The Balaban J connectivity index is 1.86. The Kier molecular flexibility index (Phi) is 4.24. The maximum Gasteiger partial charge on any atom is 0.276 e. The third-order valence-corrected chi connectivity index (χ3v) is 5.69. The second-order valence-corrected chi connectivity index (χ2v) is 7.47. The van der Waals surface area contributed by atoms with Crippen molar-refractivity contribution in [2.24, 2.45) is 10.1 Å². The molecule has 0 saturated carbocycles. The molecule has 0 aliphatic carbocycles. The second-order valence-electron chi connectivity index (χ2n) is 6.68. The van der Waals surface area contributed by atoms with E-state index in [4.69, 9.17) is 14.8 Å². The van der Waals surface area contributed by atoms with Crippen LogP contribution < -0.4 is 20.6 Å². The fourth-order valence-electron chi connectivity index (χ4n) is 3.83. The third kappa shape index (κ3) is 2.77. The SMILES string of the molecule is COc1ccc2ccccc2c1[C@@H]1N=c2ccccc2=C2C(=O)NC(SC)=NN21. The Bertz CT molecular complexity index is 1300. The summed E-state index contributed by atoms with van der Waals surface area (Å²) >= 11 is 1.39. The van der Waals surface area contributed by atoms with Crippen LogP contribution in [-0.4, -0.2) is 29.4 Å². The summed E-state index contributed by atoms with van der Waals surface area (Å²) in [7, 11) is 1.65. The van der Waals surface area contributed by atoms with Gasteiger partial charge in [0.2, 0.25) is 0 Å². The number of nitrogens with zero attached hydrogens (tertiary/aromatic N) is 3. The summed E-state index contributed by atoms with van der Waals surface area (Å²) < 4.78 is 5.70. The molecule has 3 aromatic rings. The van der Waals surface area contributed by atoms with E-state index in [1.807, 2.05) is 60.9 Å². The number of hydrogen-bond acceptors (Lipinski definition) is 6. The number of amides is 1. The molecule has 0 aromatic heterocycles. The molecule has 0 spiro atoms. The van der Waals surface area contributed by atoms with E-state index >= 15 is 0 Å². The first-order chi connectivity index (χ1) is 14.2. The van der Waals surface area contributed by atoms with Gasteiger partial charge in [-0.2, -0.15) is 0 Å². The van der Waals surface area contributed by atoms with Crippen molar-refractivity contribution in [2.45, 2.75) is 6.17 Å². The summed E-state index contributed by atoms with van der Waals surface area (Å²) in [5, 5.41) is 13.5. The van der Waals surface area contributed by atoms with Gasteiger partial charge in [-0.05, 0) is 29.2 Å². The number of rotatable bonds is 2. The Morgan fingerprint density at radius 3 is 2.69 bits per heavy atom. The second kappa shape index (κ2) is 6.93. The third-order valence-electron chi connectivity index (χ3n) is 5.12. The van der Waals surface area contributed by atoms with Crippen molar-refractivity contribution < 1.29 is 9.53 Å². The van der Waals surface area contributed by atoms with Gasteiger partial charge >= 0.3 is 0 Å². The molecule has 0 fully saturated rings. The summed E-state index contributed by atoms with van der Waals surface area (Å²) in [6.45, 7) is 0. The highest BCUT2D eigenvalue weighted by Crippen LogP contribution is 2.39. The van der Waals surface area contributed by atoms with Crippen molar-refractivity contribution >= 4 is 39.3 Å². The molecular weight excluding hydrogens is 384 g/mol. The topological polar surface area (TPSA) is 66.3 Å². The summed E-state index contributed by atoms with van der Waals surface area (Å²) in [4.78, 5) is 18.0. The molecular formula is C22H18N4O2S. The van der Waals surface area contributed by atoms with Crippen LogP contribution in [0.1, 0.15) is 11.7 Å². The fourth-order valence-corrected chi connectivity index (χ4v) is 4.19. The average Bonchev–Trinajstić information content (AvgIpc) is 2.77. The van der Waals surface area contributed by atoms with Gasteiger partial charge in [-0.1, -0.05) is 60.3 Å². The standard InChI is InChI=1S/C22H18N4O2S/c1-28-17-12-11-13-7-3-4-8-14(13)18(17)20-23-16-10-6-5-9-15(16)19-21(27)24-22(29-2)25-26(19)20/h3-12,20H,1-2H3,(H,24,25,27)/t20-/m1/s1. The van der Waals surface area contributed by atoms with Crippen molar-refractivity contribution in [1.82, 2.24) is 10.3 Å². The molecule has 5 rings (SSSR count). The van der Waals surface area contributed by atoms with E-state index in [2.05, 4.69) is 11.4 Å². The van der Waals surface area contributed by atoms with Crippen molar-refractivity contribution in [3.63, 3.8) is 0 Å². The van der Waals surface area contributed by atoms with Crippen LogP contribution >= 0.6 is 11.8 Å². The lowest BCUT2D eigenvalue weighted by Gasteiger charge is -2.34. The van der Waals surface area contributed by atoms with Crippen molar-refractivity contribution in [1.29, 1.82) is 0 Å². The fraction of sp³-hybridized carbons (Fsp3) is 0.136. The minimum absolute atomic E-state index is 0.184. The maximum absolute atomic E-state index is 13.0. The molecule has 1 atom stereocenters. The quantitative estimate of drug-likeness (QED) is 0.715. The number of nitrogens with one attached hydrogen (secondary N) is 1. The molecule has 144 valence electrons. The van der Waals surface area contributed by atoms with E-state index < -0.39 is 6.17 Å². The van der Waals surface area contributed by atoms with Gasteiger partial charge in [-0.25, -0.2) is 5.01 Å². The molecule has 2 heterocycles. The lowest BCUT2D eigenvalue weighted by Crippen LogP contribution is -2.50. The van der Waals surface area contributed by atoms with Crippen molar-refractivity contribution in [3.8, 4) is 5.75 Å². The largest absolute Gasteiger partial charge is 0.496 e. The first-order valence-electron chi connectivity index (χ1n) is 9.17. The number of hydrazone groups is 1. The van der Waals surface area contributed by atoms with E-state index in [1.165, 1.54) is 11.8 Å². The molecule has 29 heavy (non-hydrogen) atoms. The smallest absolute Gasteiger partial charge is 0.276 e. The number of amidine groups is 1. The van der Waals surface area contributed by atoms with Crippen LogP contribution in [-0.2, 0) is 4.79 Å². The van der Waals surface area contributed by atoms with E-state index in [-0.39, 0.29) is 5.91 Å². The number of carbonyl (C=O) groups excluding carboxylic acids is 1. The number of fused-ring (bicyclic) bond motifs is 3. The first-order valence-corrected chi connectivity index (χ1v) is 10.4. The molecule has 6 nitrogen and oxygen atoms in total. The molecule has 7 heteroatoms. The monoisotopic (exact) mass is 402 g/mol. The molecule has 3 aromatic carbocycles. The Hall–Kier alpha value is -3.32. The van der Waals surface area contributed by atoms with Crippen LogP contribution in [0, 0.1) is 0 Å². The highest BCUT2D eigenvalue weighted by molar-refractivity contribution is 8.13. The lowest BCUT2D eigenvalue weighted by atomic mass is 9.99. The molecule has 2 aliphatic heterocycles. The van der Waals surface area contributed by atoms with E-state index in [9.17, 15) is 4.79 Å². The van der Waals surface area contributed by atoms with Gasteiger partial charge in [0.1, 0.15) is 11.4 Å². The molecule has 1 N–H and O–H groups in total. The van der Waals surface area contributed by atoms with E-state index in [1.54, 1.807) is 12.1 Å². The Morgan fingerprint density at radius 1 is 1.07 bits per heavy atom. The zero-order valence-corrected chi connectivity index (χ0v) is 16.7. The van der Waals surface area contributed by atoms with Gasteiger partial charge in [-0.15, -0.1) is 5.10 Å². The van der Waals surface area contributed by atoms with Gasteiger partial charge in [0.25, 0.3) is 5.91 Å². The zero-order chi connectivity index (χ0) is 20.0. The number of ether oxygens (including phenoxy) is 1. The molecule has 2 aliphatic rings. The Labute approximate surface area is 171 Å². The molecule has 0 unspecified atom stereocenters. The Morgan fingerprint density at radius 2 is 1.86 bits per heavy atom. The average molecular weight is 402 g/mol. The van der Waals surface area contributed by atoms with Crippen molar-refractivity contribution in [3.05, 3.63) is 76.8 Å². The van der Waals surface area contributed by atoms with Crippen LogP contribution in [0.25, 0.3) is 16.5 Å². The van der Waals surface area contributed by atoms with Crippen LogP contribution in [0.5, 0.6) is 5.75 Å². The van der Waals surface area contributed by atoms with E-state index in [0.717, 1.165) is 26.9 Å². The van der Waals surface area contributed by atoms with Gasteiger partial charge < -0.3 is 4.74 Å². The summed E-state index contributed by atoms with van der Waals surface area (Å²) in [5.74, 6) is 0.527. The van der Waals surface area contributed by atoms with Crippen LogP contribution in [0.4, 0.5) is 0 Å². The summed E-state index contributed by atoms with van der Waals surface area (Å²) in [5.41, 5.74) is 1.38. The number of thioether (sulfide) groups is 1. The molecule has 0 radical (unpaired) electrons. The normalized spacial score (nSPS) is 17.8. The maximum atomic E-state index is 13.0. The van der Waals surface area contributed by atoms with Crippen molar-refractivity contribution in [2.75, 3.05) is 13.4 Å². The zero-order valence-electron chi connectivity index (χ0n) is 15.9. The number of methoxy groups -OCH3 is 1. The van der Waals surface area contributed by atoms with Crippen LogP contribution in [0.15, 0.2) is 70.8 Å². The highest BCUT2D eigenvalue weighted by Gasteiger charge is 2.36. The van der Waals surface area contributed by atoms with Gasteiger partial charge in [0, 0.05) is 10.8 Å². The number of carbonyl (C=O) groups is 1. The predicted molar refractivity (Wildman–Crippen MR) is 115 cm³/mol. The van der Waals surface area contributed by atoms with Gasteiger partial charge in [-0.3, -0.25) is 15.1 Å². The summed E-state index contributed by atoms with van der Waals surface area (Å²) in [6, 6.07) is 19.7. The van der Waals surface area contributed by atoms with Gasteiger partial charge in [0.05, 0.1) is 12.5 Å². The van der Waals surface area contributed by atoms with Crippen LogP contribution in [0.2, 0.25) is 0 Å². The lowest BCUT2D eigenvalue weighted by molar-refractivity contribution is -0.116. The summed E-state index contributed by atoms with van der Waals surface area (Å²) in [6.07, 6.45) is 1.36. The highest BCUT2D eigenvalue weighted by atomic mass is 32.2. The minimum atomic E-state index is -0.519.